The van der Waals surface area contributed by atoms with Gasteiger partial charge in [0, 0.05) is 18.5 Å². The molecule has 0 aromatic carbocycles. The lowest BCUT2D eigenvalue weighted by molar-refractivity contribution is -0.130. The summed E-state index contributed by atoms with van der Waals surface area (Å²) in [5.41, 5.74) is 1.29. The highest BCUT2D eigenvalue weighted by Gasteiger charge is 2.21. The molecule has 1 aliphatic heterocycles. The highest BCUT2D eigenvalue weighted by Crippen LogP contribution is 2.31. The SMILES string of the molecule is CN1Cc2cc(Br)sc2CC1=O. The van der Waals surface area contributed by atoms with Crippen molar-refractivity contribution < 1.29 is 4.79 Å². The van der Waals surface area contributed by atoms with Gasteiger partial charge in [-0.25, -0.2) is 0 Å². The second kappa shape index (κ2) is 2.85. The van der Waals surface area contributed by atoms with E-state index in [4.69, 9.17) is 0 Å². The van der Waals surface area contributed by atoms with E-state index < -0.39 is 0 Å². The molecule has 0 radical (unpaired) electrons. The Hall–Kier alpha value is -0.350. The minimum Gasteiger partial charge on any atom is -0.341 e. The second-order valence-electron chi connectivity index (χ2n) is 2.93. The van der Waals surface area contributed by atoms with E-state index in [-0.39, 0.29) is 5.91 Å². The van der Waals surface area contributed by atoms with Crippen molar-refractivity contribution in [2.45, 2.75) is 13.0 Å². The molecular formula is C8H8BrNOS. The Balaban J connectivity index is 2.39. The van der Waals surface area contributed by atoms with Gasteiger partial charge in [-0.2, -0.15) is 0 Å². The molecule has 1 aliphatic rings. The average molecular weight is 246 g/mol. The summed E-state index contributed by atoms with van der Waals surface area (Å²) in [4.78, 5) is 14.3. The summed E-state index contributed by atoms with van der Waals surface area (Å²) in [6, 6.07) is 2.10. The van der Waals surface area contributed by atoms with Crippen molar-refractivity contribution in [3.8, 4) is 0 Å². The van der Waals surface area contributed by atoms with Gasteiger partial charge in [0.2, 0.25) is 5.91 Å². The first kappa shape index (κ1) is 8.26. The number of carbonyl (C=O) groups excluding carboxylic acids is 1. The van der Waals surface area contributed by atoms with Gasteiger partial charge in [0.1, 0.15) is 0 Å². The summed E-state index contributed by atoms with van der Waals surface area (Å²) in [7, 11) is 1.84. The normalized spacial score (nSPS) is 16.5. The van der Waals surface area contributed by atoms with E-state index in [1.807, 2.05) is 7.05 Å². The molecule has 0 saturated heterocycles. The third kappa shape index (κ3) is 1.29. The highest BCUT2D eigenvalue weighted by atomic mass is 79.9. The van der Waals surface area contributed by atoms with Crippen molar-refractivity contribution in [3.63, 3.8) is 0 Å². The van der Waals surface area contributed by atoms with Crippen LogP contribution in [0.25, 0.3) is 0 Å². The van der Waals surface area contributed by atoms with Crippen LogP contribution in [0.3, 0.4) is 0 Å². The Kier molecular flexibility index (Phi) is 1.96. The van der Waals surface area contributed by atoms with Crippen molar-refractivity contribution in [1.29, 1.82) is 0 Å². The number of hydrogen-bond acceptors (Lipinski definition) is 2. The lowest BCUT2D eigenvalue weighted by Crippen LogP contribution is -2.31. The number of carbonyl (C=O) groups is 1. The maximum Gasteiger partial charge on any atom is 0.227 e. The number of thiophene rings is 1. The van der Waals surface area contributed by atoms with Crippen molar-refractivity contribution in [1.82, 2.24) is 4.90 Å². The van der Waals surface area contributed by atoms with Gasteiger partial charge >= 0.3 is 0 Å². The molecule has 64 valence electrons. The molecular weight excluding hydrogens is 238 g/mol. The predicted molar refractivity (Wildman–Crippen MR) is 52.2 cm³/mol. The van der Waals surface area contributed by atoms with E-state index in [0.717, 1.165) is 10.3 Å². The van der Waals surface area contributed by atoms with Crippen LogP contribution in [-0.4, -0.2) is 17.9 Å². The van der Waals surface area contributed by atoms with E-state index in [9.17, 15) is 4.79 Å². The molecule has 1 amide bonds. The number of likely N-dealkylation sites (N-methyl/N-ethyl adjacent to an activating group) is 1. The van der Waals surface area contributed by atoms with E-state index in [0.29, 0.717) is 6.42 Å². The smallest absolute Gasteiger partial charge is 0.227 e. The van der Waals surface area contributed by atoms with Crippen molar-refractivity contribution in [3.05, 3.63) is 20.3 Å². The van der Waals surface area contributed by atoms with Gasteiger partial charge in [0.05, 0.1) is 10.2 Å². The fraction of sp³-hybridized carbons (Fsp3) is 0.375. The van der Waals surface area contributed by atoms with Gasteiger partial charge in [-0.05, 0) is 27.6 Å². The molecule has 0 unspecified atom stereocenters. The van der Waals surface area contributed by atoms with Crippen LogP contribution >= 0.6 is 27.3 Å². The fourth-order valence-corrected chi connectivity index (χ4v) is 3.08. The summed E-state index contributed by atoms with van der Waals surface area (Å²) in [5.74, 6) is 0.219. The summed E-state index contributed by atoms with van der Waals surface area (Å²) in [6.07, 6.45) is 0.572. The number of nitrogens with zero attached hydrogens (tertiary/aromatic N) is 1. The van der Waals surface area contributed by atoms with Crippen LogP contribution < -0.4 is 0 Å². The van der Waals surface area contributed by atoms with Crippen molar-refractivity contribution in [2.24, 2.45) is 0 Å². The minimum absolute atomic E-state index is 0.219. The summed E-state index contributed by atoms with van der Waals surface area (Å²) < 4.78 is 1.12. The Morgan fingerprint density at radius 3 is 3.17 bits per heavy atom. The second-order valence-corrected chi connectivity index (χ2v) is 5.44. The van der Waals surface area contributed by atoms with Gasteiger partial charge in [-0.15, -0.1) is 11.3 Å². The fourth-order valence-electron chi connectivity index (χ4n) is 1.33. The van der Waals surface area contributed by atoms with Gasteiger partial charge in [-0.3, -0.25) is 4.79 Å². The lowest BCUT2D eigenvalue weighted by Gasteiger charge is -2.21. The first-order chi connectivity index (χ1) is 5.66. The van der Waals surface area contributed by atoms with Crippen LogP contribution in [0.5, 0.6) is 0 Å². The summed E-state index contributed by atoms with van der Waals surface area (Å²) in [5, 5.41) is 0. The Bertz CT molecular complexity index is 334. The zero-order chi connectivity index (χ0) is 8.72. The maximum atomic E-state index is 11.3. The standard InChI is InChI=1S/C8H8BrNOS/c1-10-4-5-2-7(9)12-6(5)3-8(10)11/h2H,3-4H2,1H3. The monoisotopic (exact) mass is 245 g/mol. The quantitative estimate of drug-likeness (QED) is 0.685. The summed E-state index contributed by atoms with van der Waals surface area (Å²) >= 11 is 5.09. The molecule has 0 atom stereocenters. The van der Waals surface area contributed by atoms with Crippen LogP contribution in [0.15, 0.2) is 9.85 Å². The van der Waals surface area contributed by atoms with Crippen LogP contribution in [0, 0.1) is 0 Å². The zero-order valence-corrected chi connectivity index (χ0v) is 9.04. The van der Waals surface area contributed by atoms with E-state index >= 15 is 0 Å². The zero-order valence-electron chi connectivity index (χ0n) is 6.63. The van der Waals surface area contributed by atoms with Gasteiger partial charge in [0.25, 0.3) is 0 Å². The number of amides is 1. The Morgan fingerprint density at radius 2 is 2.42 bits per heavy atom. The average Bonchev–Trinajstić information content (AvgIpc) is 2.30. The molecule has 0 bridgehead atoms. The molecule has 0 fully saturated rings. The third-order valence-corrected chi connectivity index (χ3v) is 3.69. The molecule has 12 heavy (non-hydrogen) atoms. The molecule has 2 rings (SSSR count). The van der Waals surface area contributed by atoms with Gasteiger partial charge in [-0.1, -0.05) is 0 Å². The first-order valence-electron chi connectivity index (χ1n) is 3.68. The topological polar surface area (TPSA) is 20.3 Å². The number of rotatable bonds is 0. The number of halogens is 1. The molecule has 1 aromatic heterocycles. The summed E-state index contributed by atoms with van der Waals surface area (Å²) in [6.45, 7) is 0.760. The van der Waals surface area contributed by atoms with Crippen LogP contribution in [0.4, 0.5) is 0 Å². The Labute approximate surface area is 83.3 Å². The third-order valence-electron chi connectivity index (χ3n) is 2.01. The van der Waals surface area contributed by atoms with Gasteiger partial charge < -0.3 is 4.90 Å². The first-order valence-corrected chi connectivity index (χ1v) is 5.29. The maximum absolute atomic E-state index is 11.3. The van der Waals surface area contributed by atoms with Crippen molar-refractivity contribution in [2.75, 3.05) is 7.05 Å². The molecule has 0 N–H and O–H groups in total. The predicted octanol–water partition coefficient (Wildman–Crippen LogP) is 2.03. The number of fused-ring (bicyclic) bond motifs is 1. The highest BCUT2D eigenvalue weighted by molar-refractivity contribution is 9.11. The van der Waals surface area contributed by atoms with Crippen LogP contribution in [0.2, 0.25) is 0 Å². The largest absolute Gasteiger partial charge is 0.341 e. The minimum atomic E-state index is 0.219. The van der Waals surface area contributed by atoms with E-state index in [2.05, 4.69) is 22.0 Å². The molecule has 2 nitrogen and oxygen atoms in total. The molecule has 4 heteroatoms. The molecule has 0 aliphatic carbocycles. The molecule has 0 spiro atoms. The van der Waals surface area contributed by atoms with Crippen LogP contribution in [0.1, 0.15) is 10.4 Å². The Morgan fingerprint density at radius 1 is 1.67 bits per heavy atom. The molecule has 1 aromatic rings. The molecule has 2 heterocycles. The van der Waals surface area contributed by atoms with E-state index in [1.165, 1.54) is 10.4 Å². The lowest BCUT2D eigenvalue weighted by atomic mass is 10.1. The van der Waals surface area contributed by atoms with Crippen molar-refractivity contribution >= 4 is 33.2 Å². The molecule has 0 saturated carbocycles. The van der Waals surface area contributed by atoms with E-state index in [1.54, 1.807) is 16.2 Å². The number of hydrogen-bond donors (Lipinski definition) is 0. The van der Waals surface area contributed by atoms with Gasteiger partial charge in [0.15, 0.2) is 0 Å². The van der Waals surface area contributed by atoms with Crippen LogP contribution in [-0.2, 0) is 17.8 Å².